The Morgan fingerprint density at radius 1 is 1.39 bits per heavy atom. The lowest BCUT2D eigenvalue weighted by Crippen LogP contribution is -2.22. The van der Waals surface area contributed by atoms with Crippen LogP contribution in [0.4, 0.5) is 0 Å². The van der Waals surface area contributed by atoms with Crippen LogP contribution in [-0.2, 0) is 11.2 Å². The predicted molar refractivity (Wildman–Crippen MR) is 72.6 cm³/mol. The van der Waals surface area contributed by atoms with Crippen molar-refractivity contribution < 1.29 is 9.53 Å². The first-order chi connectivity index (χ1) is 8.61. The molecule has 0 radical (unpaired) electrons. The summed E-state index contributed by atoms with van der Waals surface area (Å²) in [5, 5.41) is 0. The van der Waals surface area contributed by atoms with Gasteiger partial charge in [0.15, 0.2) is 0 Å². The quantitative estimate of drug-likeness (QED) is 0.819. The number of hydrogen-bond acceptors (Lipinski definition) is 2. The Kier molecular flexibility index (Phi) is 3.70. The van der Waals surface area contributed by atoms with E-state index < -0.39 is 0 Å². The second-order valence-corrected chi connectivity index (χ2v) is 4.76. The Labute approximate surface area is 108 Å². The first-order valence-electron chi connectivity index (χ1n) is 6.18. The van der Waals surface area contributed by atoms with E-state index in [1.165, 1.54) is 11.1 Å². The van der Waals surface area contributed by atoms with Crippen molar-refractivity contribution in [3.63, 3.8) is 0 Å². The second kappa shape index (κ2) is 5.25. The summed E-state index contributed by atoms with van der Waals surface area (Å²) in [4.78, 5) is 13.4. The van der Waals surface area contributed by atoms with Crippen molar-refractivity contribution in [1.82, 2.24) is 4.90 Å². The van der Waals surface area contributed by atoms with E-state index >= 15 is 0 Å². The van der Waals surface area contributed by atoms with E-state index in [2.05, 4.69) is 18.2 Å². The maximum absolute atomic E-state index is 11.8. The van der Waals surface area contributed by atoms with Crippen LogP contribution in [0.25, 0.3) is 5.57 Å². The number of hydrogen-bond donors (Lipinski definition) is 0. The van der Waals surface area contributed by atoms with Crippen LogP contribution in [0.2, 0.25) is 0 Å². The molecular weight excluding hydrogens is 226 g/mol. The number of benzene rings is 1. The van der Waals surface area contributed by atoms with Crippen molar-refractivity contribution >= 4 is 11.5 Å². The van der Waals surface area contributed by atoms with Gasteiger partial charge in [-0.15, -0.1) is 0 Å². The normalized spacial score (nSPS) is 13.6. The Bertz CT molecular complexity index is 489. The van der Waals surface area contributed by atoms with Crippen LogP contribution in [0.5, 0.6) is 5.75 Å². The molecule has 18 heavy (non-hydrogen) atoms. The zero-order valence-electron chi connectivity index (χ0n) is 11.2. The van der Waals surface area contributed by atoms with Crippen molar-refractivity contribution in [2.75, 3.05) is 21.2 Å². The number of nitrogens with zero attached hydrogens (tertiary/aromatic N) is 1. The highest BCUT2D eigenvalue weighted by Gasteiger charge is 2.16. The number of aryl methyl sites for hydroxylation is 1. The Morgan fingerprint density at radius 3 is 2.83 bits per heavy atom. The van der Waals surface area contributed by atoms with Gasteiger partial charge in [0.1, 0.15) is 5.75 Å². The number of ether oxygens (including phenoxy) is 1. The third-order valence-corrected chi connectivity index (χ3v) is 3.30. The van der Waals surface area contributed by atoms with Gasteiger partial charge in [0.2, 0.25) is 5.91 Å². The number of fused-ring (bicyclic) bond motifs is 1. The van der Waals surface area contributed by atoms with Crippen LogP contribution in [0.15, 0.2) is 24.3 Å². The lowest BCUT2D eigenvalue weighted by molar-refractivity contribution is -0.127. The Hall–Kier alpha value is -1.77. The molecule has 0 heterocycles. The van der Waals surface area contributed by atoms with Gasteiger partial charge >= 0.3 is 0 Å². The van der Waals surface area contributed by atoms with Gasteiger partial charge in [0, 0.05) is 14.1 Å². The van der Waals surface area contributed by atoms with Crippen molar-refractivity contribution in [2.45, 2.75) is 19.3 Å². The molecule has 1 amide bonds. The van der Waals surface area contributed by atoms with Crippen molar-refractivity contribution in [2.24, 2.45) is 0 Å². The van der Waals surface area contributed by atoms with Crippen LogP contribution in [0, 0.1) is 0 Å². The molecule has 1 aromatic carbocycles. The molecule has 1 aromatic rings. The monoisotopic (exact) mass is 245 g/mol. The summed E-state index contributed by atoms with van der Waals surface area (Å²) in [5.74, 6) is 1.03. The number of rotatable bonds is 3. The standard InChI is InChI=1S/C15H19NO2/c1-16(2)15(17)10-12-6-4-5-11-9-13(18-3)7-8-14(11)12/h6-9H,4-5,10H2,1-3H3. The van der Waals surface area contributed by atoms with Crippen molar-refractivity contribution in [3.8, 4) is 5.75 Å². The maximum atomic E-state index is 11.8. The highest BCUT2D eigenvalue weighted by atomic mass is 16.5. The summed E-state index contributed by atoms with van der Waals surface area (Å²) in [7, 11) is 5.26. The molecule has 1 aliphatic carbocycles. The smallest absolute Gasteiger partial charge is 0.226 e. The van der Waals surface area contributed by atoms with Gasteiger partial charge < -0.3 is 9.64 Å². The van der Waals surface area contributed by atoms with Crippen molar-refractivity contribution in [3.05, 3.63) is 35.4 Å². The zero-order chi connectivity index (χ0) is 13.1. The maximum Gasteiger partial charge on any atom is 0.226 e. The van der Waals surface area contributed by atoms with Crippen LogP contribution in [0.3, 0.4) is 0 Å². The molecule has 1 aliphatic rings. The van der Waals surface area contributed by atoms with Gasteiger partial charge in [-0.1, -0.05) is 12.1 Å². The SMILES string of the molecule is COc1ccc2c(c1)CCC=C2CC(=O)N(C)C. The molecule has 3 nitrogen and oxygen atoms in total. The van der Waals surface area contributed by atoms with Crippen LogP contribution in [-0.4, -0.2) is 32.0 Å². The Morgan fingerprint density at radius 2 is 2.17 bits per heavy atom. The minimum absolute atomic E-state index is 0.143. The summed E-state index contributed by atoms with van der Waals surface area (Å²) >= 11 is 0. The van der Waals surface area contributed by atoms with E-state index in [4.69, 9.17) is 4.74 Å². The first kappa shape index (κ1) is 12.7. The molecule has 0 spiro atoms. The summed E-state index contributed by atoms with van der Waals surface area (Å²) < 4.78 is 5.24. The van der Waals surface area contributed by atoms with Gasteiger partial charge in [-0.25, -0.2) is 0 Å². The number of carbonyl (C=O) groups is 1. The van der Waals surface area contributed by atoms with Gasteiger partial charge in [-0.2, -0.15) is 0 Å². The molecule has 3 heteroatoms. The number of allylic oxidation sites excluding steroid dienone is 1. The third kappa shape index (κ3) is 2.55. The molecule has 0 aromatic heterocycles. The molecule has 0 unspecified atom stereocenters. The van der Waals surface area contributed by atoms with E-state index in [1.807, 2.05) is 6.07 Å². The molecule has 2 rings (SSSR count). The minimum Gasteiger partial charge on any atom is -0.497 e. The zero-order valence-corrected chi connectivity index (χ0v) is 11.2. The molecular formula is C15H19NO2. The van der Waals surface area contributed by atoms with E-state index in [1.54, 1.807) is 26.1 Å². The molecule has 0 aliphatic heterocycles. The van der Waals surface area contributed by atoms with Crippen LogP contribution in [0.1, 0.15) is 24.0 Å². The topological polar surface area (TPSA) is 29.5 Å². The average Bonchev–Trinajstić information content (AvgIpc) is 2.38. The average molecular weight is 245 g/mol. The van der Waals surface area contributed by atoms with Gasteiger partial charge in [0.05, 0.1) is 13.5 Å². The first-order valence-corrected chi connectivity index (χ1v) is 6.18. The molecule has 0 atom stereocenters. The lowest BCUT2D eigenvalue weighted by Gasteiger charge is -2.19. The molecule has 0 saturated heterocycles. The van der Waals surface area contributed by atoms with Gasteiger partial charge in [0.25, 0.3) is 0 Å². The highest BCUT2D eigenvalue weighted by molar-refractivity contribution is 5.89. The largest absolute Gasteiger partial charge is 0.497 e. The Balaban J connectivity index is 2.26. The van der Waals surface area contributed by atoms with Gasteiger partial charge in [-0.05, 0) is 41.7 Å². The molecule has 0 N–H and O–H groups in total. The van der Waals surface area contributed by atoms with E-state index in [0.29, 0.717) is 6.42 Å². The van der Waals surface area contributed by atoms with E-state index in [-0.39, 0.29) is 5.91 Å². The predicted octanol–water partition coefficient (Wildman–Crippen LogP) is 2.50. The van der Waals surface area contributed by atoms with Gasteiger partial charge in [-0.3, -0.25) is 4.79 Å². The fourth-order valence-electron chi connectivity index (χ4n) is 2.22. The molecule has 0 bridgehead atoms. The molecule has 0 saturated carbocycles. The van der Waals surface area contributed by atoms with Crippen LogP contribution < -0.4 is 4.74 Å². The number of methoxy groups -OCH3 is 1. The number of carbonyl (C=O) groups excluding carboxylic acids is 1. The van der Waals surface area contributed by atoms with Crippen LogP contribution >= 0.6 is 0 Å². The summed E-state index contributed by atoms with van der Waals surface area (Å²) in [6, 6.07) is 6.09. The fourth-order valence-corrected chi connectivity index (χ4v) is 2.22. The number of amides is 1. The van der Waals surface area contributed by atoms with E-state index in [9.17, 15) is 4.79 Å². The van der Waals surface area contributed by atoms with E-state index in [0.717, 1.165) is 24.2 Å². The highest BCUT2D eigenvalue weighted by Crippen LogP contribution is 2.31. The minimum atomic E-state index is 0.143. The fraction of sp³-hybridized carbons (Fsp3) is 0.400. The lowest BCUT2D eigenvalue weighted by atomic mass is 9.89. The summed E-state index contributed by atoms with van der Waals surface area (Å²) in [6.07, 6.45) is 4.67. The molecule has 96 valence electrons. The third-order valence-electron chi connectivity index (χ3n) is 3.30. The summed E-state index contributed by atoms with van der Waals surface area (Å²) in [6.45, 7) is 0. The molecule has 0 fully saturated rings. The second-order valence-electron chi connectivity index (χ2n) is 4.76. The van der Waals surface area contributed by atoms with Crippen molar-refractivity contribution in [1.29, 1.82) is 0 Å². The summed E-state index contributed by atoms with van der Waals surface area (Å²) in [5.41, 5.74) is 3.60.